The van der Waals surface area contributed by atoms with Crippen molar-refractivity contribution in [3.63, 3.8) is 0 Å². The monoisotopic (exact) mass is 1140 g/mol. The first kappa shape index (κ1) is 56.4. The molecule has 1 aromatic carbocycles. The number of aromatic amines is 1. The standard InChI is InChI=1S/C47H67Br2N7O14S/c1-34(58)70-40-32-51-39-31-38(48)44(43(49)42(39)40)67-28-26-65-24-25-66-27-29-68-47-53-45(52-46(54-47)55-13-17-56(18-14-55,15-7-19-57)16-8-30-71(60,61)62)50-12-21-64-23-22-63-20-6-11-41(59)69-33-37-35-9-4-2-3-5-10-36(35)37/h31-32,35-37,51,57H,4-30,33H2,1H3,(H-,50,52,53,54,60,61,62)/p+1/t35-,36+,37?. The molecule has 1 saturated heterocycles. The van der Waals surface area contributed by atoms with Gasteiger partial charge in [-0.1, -0.05) is 0 Å². The van der Waals surface area contributed by atoms with Crippen molar-refractivity contribution in [3.05, 3.63) is 21.2 Å². The molecule has 0 spiro atoms. The fourth-order valence-corrected chi connectivity index (χ4v) is 11.0. The number of aliphatic hydroxyl groups excluding tert-OH is 1. The summed E-state index contributed by atoms with van der Waals surface area (Å²) in [5, 5.41) is 13.5. The number of H-pyrrole nitrogens is 1. The lowest BCUT2D eigenvalue weighted by Gasteiger charge is -2.45. The normalized spacial score (nSPS) is 18.4. The summed E-state index contributed by atoms with van der Waals surface area (Å²) in [6.07, 6.45) is 7.48. The van der Waals surface area contributed by atoms with E-state index < -0.39 is 16.1 Å². The average Bonchev–Trinajstić information content (AvgIpc) is 3.81. The summed E-state index contributed by atoms with van der Waals surface area (Å²) < 4.78 is 79.9. The van der Waals surface area contributed by atoms with Crippen LogP contribution in [0.15, 0.2) is 21.2 Å². The maximum Gasteiger partial charge on any atom is 0.323 e. The van der Waals surface area contributed by atoms with Crippen LogP contribution in [-0.2, 0) is 43.4 Å². The largest absolute Gasteiger partial charge is 0.489 e. The van der Waals surface area contributed by atoms with Crippen LogP contribution < -0.4 is 24.4 Å². The number of esters is 2. The molecule has 3 aliphatic rings. The third kappa shape index (κ3) is 18.8. The van der Waals surface area contributed by atoms with Gasteiger partial charge in [0.2, 0.25) is 11.9 Å². The fraction of sp³-hybridized carbons (Fsp3) is 0.681. The molecule has 1 aliphatic heterocycles. The smallest absolute Gasteiger partial charge is 0.323 e. The van der Waals surface area contributed by atoms with Gasteiger partial charge in [0.05, 0.1) is 118 Å². The van der Waals surface area contributed by atoms with E-state index in [2.05, 4.69) is 64.0 Å². The maximum atomic E-state index is 12.3. The number of aliphatic hydroxyl groups is 1. The molecule has 21 nitrogen and oxygen atoms in total. The molecule has 3 aromatic rings. The first-order valence-corrected chi connectivity index (χ1v) is 27.6. The Hall–Kier alpha value is -3.90. The van der Waals surface area contributed by atoms with Crippen molar-refractivity contribution in [1.82, 2.24) is 19.9 Å². The molecule has 2 aromatic heterocycles. The van der Waals surface area contributed by atoms with E-state index in [9.17, 15) is 27.7 Å². The first-order valence-electron chi connectivity index (χ1n) is 24.4. The molecular formula is C47H68Br2N7O14S+. The van der Waals surface area contributed by atoms with Crippen LogP contribution in [0.1, 0.15) is 58.3 Å². The van der Waals surface area contributed by atoms with E-state index in [0.717, 1.165) is 31.2 Å². The van der Waals surface area contributed by atoms with Crippen LogP contribution in [0.3, 0.4) is 0 Å². The number of hydrogen-bond donors (Lipinski definition) is 4. The van der Waals surface area contributed by atoms with Gasteiger partial charge in [0, 0.05) is 65.0 Å². The number of anilines is 2. The van der Waals surface area contributed by atoms with Gasteiger partial charge in [-0.25, -0.2) is 0 Å². The molecule has 3 atom stereocenters. The van der Waals surface area contributed by atoms with Crippen molar-refractivity contribution in [1.29, 1.82) is 0 Å². The third-order valence-electron chi connectivity index (χ3n) is 12.6. The molecule has 24 heteroatoms. The Labute approximate surface area is 432 Å². The topological polar surface area (TPSA) is 252 Å². The minimum atomic E-state index is -4.08. The van der Waals surface area contributed by atoms with Gasteiger partial charge in [-0.15, -0.1) is 11.8 Å². The van der Waals surface area contributed by atoms with Crippen molar-refractivity contribution in [2.45, 2.75) is 58.3 Å². The first-order chi connectivity index (χ1) is 34.3. The zero-order valence-corrected chi connectivity index (χ0v) is 44.4. The zero-order valence-electron chi connectivity index (χ0n) is 40.4. The van der Waals surface area contributed by atoms with Gasteiger partial charge in [-0.2, -0.15) is 23.4 Å². The number of aromatic nitrogens is 4. The number of piperazine rings is 1. The molecule has 2 fully saturated rings. The minimum absolute atomic E-state index is 0.0238. The highest BCUT2D eigenvalue weighted by molar-refractivity contribution is 9.11. The van der Waals surface area contributed by atoms with Crippen LogP contribution in [0.4, 0.5) is 11.9 Å². The number of benzene rings is 1. The van der Waals surface area contributed by atoms with Gasteiger partial charge in [0.1, 0.15) is 19.0 Å². The summed E-state index contributed by atoms with van der Waals surface area (Å²) in [6.45, 7) is 9.01. The molecule has 4 N–H and O–H groups in total. The molecule has 2 aliphatic carbocycles. The Morgan fingerprint density at radius 1 is 0.873 bits per heavy atom. The molecule has 394 valence electrons. The highest BCUT2D eigenvalue weighted by Gasteiger charge is 2.49. The van der Waals surface area contributed by atoms with Gasteiger partial charge in [-0.3, -0.25) is 14.1 Å². The van der Waals surface area contributed by atoms with Crippen molar-refractivity contribution in [2.24, 2.45) is 17.8 Å². The number of carbonyl (C=O) groups excluding carboxylic acids is 2. The van der Waals surface area contributed by atoms with Gasteiger partial charge in [0.25, 0.3) is 10.1 Å². The van der Waals surface area contributed by atoms with Gasteiger partial charge < -0.3 is 62.7 Å². The number of nitrogens with one attached hydrogen (secondary N) is 2. The van der Waals surface area contributed by atoms with Crippen LogP contribution in [0.25, 0.3) is 10.9 Å². The molecule has 0 radical (unpaired) electrons. The van der Waals surface area contributed by atoms with Crippen molar-refractivity contribution in [2.75, 3.05) is 141 Å². The molecule has 1 unspecified atom stereocenters. The summed E-state index contributed by atoms with van der Waals surface area (Å²) in [4.78, 5) is 42.8. The van der Waals surface area contributed by atoms with E-state index in [1.54, 1.807) is 6.20 Å². The predicted molar refractivity (Wildman–Crippen MR) is 269 cm³/mol. The number of rotatable bonds is 33. The zero-order chi connectivity index (χ0) is 50.5. The third-order valence-corrected chi connectivity index (χ3v) is 14.7. The Balaban J connectivity index is 0.897. The van der Waals surface area contributed by atoms with Crippen LogP contribution in [-0.4, -0.2) is 185 Å². The van der Waals surface area contributed by atoms with E-state index in [1.165, 1.54) is 6.92 Å². The minimum Gasteiger partial charge on any atom is -0.489 e. The summed E-state index contributed by atoms with van der Waals surface area (Å²) in [6, 6.07) is 1.95. The van der Waals surface area contributed by atoms with Crippen LogP contribution in [0.5, 0.6) is 17.5 Å². The highest BCUT2D eigenvalue weighted by atomic mass is 79.9. The Morgan fingerprint density at radius 2 is 1.52 bits per heavy atom. The van der Waals surface area contributed by atoms with Crippen molar-refractivity contribution in [3.8, 4) is 29.4 Å². The molecular weight excluding hydrogens is 1080 g/mol. The van der Waals surface area contributed by atoms with E-state index in [-0.39, 0.29) is 44.2 Å². The SMILES string of the molecule is CC(=O)Oc1c[nH]c2cc(Br)c(OCCOCCOCCOc3nc(NCCOCCOCCCC(=O)OCC4[C@H]5CCC#CCC[C@@H]45)nc(N4CC[N+](CCCO)(CCCS(=O)(=O)O)CC4)n3)c(Br)c12. The van der Waals surface area contributed by atoms with Crippen LogP contribution in [0.2, 0.25) is 0 Å². The van der Waals surface area contributed by atoms with Crippen LogP contribution >= 0.6 is 31.9 Å². The number of hydrogen-bond acceptors (Lipinski definition) is 18. The second-order valence-corrected chi connectivity index (χ2v) is 20.9. The van der Waals surface area contributed by atoms with E-state index >= 15 is 0 Å². The number of carbonyl (C=O) groups is 2. The second kappa shape index (κ2) is 29.1. The van der Waals surface area contributed by atoms with E-state index in [1.807, 2.05) is 11.0 Å². The number of nitrogens with zero attached hydrogens (tertiary/aromatic N) is 5. The lowest BCUT2D eigenvalue weighted by molar-refractivity contribution is -0.928. The van der Waals surface area contributed by atoms with Crippen molar-refractivity contribution < 1.29 is 70.0 Å². The predicted octanol–water partition coefficient (Wildman–Crippen LogP) is 4.80. The van der Waals surface area contributed by atoms with Crippen molar-refractivity contribution >= 4 is 76.7 Å². The fourth-order valence-electron chi connectivity index (χ4n) is 8.94. The van der Waals surface area contributed by atoms with E-state index in [4.69, 9.17) is 42.9 Å². The number of quaternary nitrogens is 1. The molecule has 3 heterocycles. The molecule has 1 saturated carbocycles. The second-order valence-electron chi connectivity index (χ2n) is 17.6. The number of halogens is 2. The van der Waals surface area contributed by atoms with E-state index in [0.29, 0.717) is 184 Å². The average molecular weight is 1150 g/mol. The van der Waals surface area contributed by atoms with Gasteiger partial charge in [-0.05, 0) is 74.9 Å². The Morgan fingerprint density at radius 3 is 2.20 bits per heavy atom. The summed E-state index contributed by atoms with van der Waals surface area (Å²) in [5.41, 5.74) is 0.763. The number of ether oxygens (including phenoxy) is 8. The Kier molecular flexibility index (Phi) is 23.1. The Bertz CT molecular complexity index is 2330. The van der Waals surface area contributed by atoms with Gasteiger partial charge >= 0.3 is 17.9 Å². The summed E-state index contributed by atoms with van der Waals surface area (Å²) >= 11 is 7.11. The van der Waals surface area contributed by atoms with Crippen LogP contribution in [0, 0.1) is 29.6 Å². The lowest BCUT2D eigenvalue weighted by Crippen LogP contribution is -2.61. The maximum absolute atomic E-state index is 12.3. The highest BCUT2D eigenvalue weighted by Crippen LogP contribution is 2.52. The molecule has 71 heavy (non-hydrogen) atoms. The molecule has 0 bridgehead atoms. The summed E-state index contributed by atoms with van der Waals surface area (Å²) in [7, 11) is -4.08. The van der Waals surface area contributed by atoms with Gasteiger partial charge in [0.15, 0.2) is 5.75 Å². The number of fused-ring (bicyclic) bond motifs is 2. The molecule has 6 rings (SSSR count). The summed E-state index contributed by atoms with van der Waals surface area (Å²) in [5.74, 6) is 8.92. The lowest BCUT2D eigenvalue weighted by atomic mass is 10.1. The quantitative estimate of drug-likeness (QED) is 0.0210. The molecule has 0 amide bonds.